The van der Waals surface area contributed by atoms with Crippen LogP contribution in [0.2, 0.25) is 0 Å². The SMILES string of the molecule is CSCCC(NC(=O)COc1ccccc1)C(=O)N1CCC(C(=O)O)CC1. The lowest BCUT2D eigenvalue weighted by Gasteiger charge is -2.33. The number of amides is 2. The van der Waals surface area contributed by atoms with E-state index in [1.165, 1.54) is 0 Å². The molecule has 1 fully saturated rings. The molecule has 1 atom stereocenters. The quantitative estimate of drug-likeness (QED) is 0.661. The van der Waals surface area contributed by atoms with E-state index < -0.39 is 17.9 Å². The molecule has 2 rings (SSSR count). The second-order valence-corrected chi connectivity index (χ2v) is 7.43. The summed E-state index contributed by atoms with van der Waals surface area (Å²) in [7, 11) is 0. The smallest absolute Gasteiger partial charge is 0.306 e. The van der Waals surface area contributed by atoms with Gasteiger partial charge in [-0.15, -0.1) is 0 Å². The molecule has 0 bridgehead atoms. The largest absolute Gasteiger partial charge is 0.484 e. The number of carbonyl (C=O) groups is 3. The van der Waals surface area contributed by atoms with Crippen molar-refractivity contribution in [3.8, 4) is 5.75 Å². The van der Waals surface area contributed by atoms with Crippen molar-refractivity contribution < 1.29 is 24.2 Å². The van der Waals surface area contributed by atoms with Crippen LogP contribution in [0.15, 0.2) is 30.3 Å². The Hall–Kier alpha value is -2.22. The summed E-state index contributed by atoms with van der Waals surface area (Å²) >= 11 is 1.60. The summed E-state index contributed by atoms with van der Waals surface area (Å²) in [5, 5.41) is 11.9. The average Bonchev–Trinajstić information content (AvgIpc) is 2.70. The molecule has 0 aromatic heterocycles. The summed E-state index contributed by atoms with van der Waals surface area (Å²) in [6, 6.07) is 8.40. The number of carboxylic acids is 1. The number of ether oxygens (including phenoxy) is 1. The zero-order valence-corrected chi connectivity index (χ0v) is 16.2. The van der Waals surface area contributed by atoms with Crippen molar-refractivity contribution in [2.45, 2.75) is 25.3 Å². The molecule has 27 heavy (non-hydrogen) atoms. The van der Waals surface area contributed by atoms with Gasteiger partial charge in [-0.25, -0.2) is 0 Å². The molecule has 1 aliphatic heterocycles. The predicted molar refractivity (Wildman–Crippen MR) is 104 cm³/mol. The minimum atomic E-state index is -0.813. The minimum absolute atomic E-state index is 0.152. The number of thioether (sulfide) groups is 1. The van der Waals surface area contributed by atoms with Gasteiger partial charge in [0.05, 0.1) is 5.92 Å². The Labute approximate surface area is 163 Å². The standard InChI is InChI=1S/C19H26N2O5S/c1-27-12-9-16(18(23)21-10-7-14(8-11-21)19(24)25)20-17(22)13-26-15-5-3-2-4-6-15/h2-6,14,16H,7-13H2,1H3,(H,20,22)(H,24,25). The van der Waals surface area contributed by atoms with Crippen molar-refractivity contribution in [2.75, 3.05) is 31.7 Å². The summed E-state index contributed by atoms with van der Waals surface area (Å²) < 4.78 is 5.43. The van der Waals surface area contributed by atoms with Crippen molar-refractivity contribution in [1.82, 2.24) is 10.2 Å². The molecule has 7 nitrogen and oxygen atoms in total. The number of nitrogens with one attached hydrogen (secondary N) is 1. The van der Waals surface area contributed by atoms with Crippen LogP contribution in [0.5, 0.6) is 5.75 Å². The molecule has 1 aliphatic rings. The van der Waals surface area contributed by atoms with E-state index in [1.807, 2.05) is 24.5 Å². The molecule has 1 saturated heterocycles. The number of benzene rings is 1. The van der Waals surface area contributed by atoms with Crippen LogP contribution >= 0.6 is 11.8 Å². The van der Waals surface area contributed by atoms with Crippen LogP contribution in [-0.4, -0.2) is 65.5 Å². The molecule has 0 aliphatic carbocycles. The molecule has 1 aromatic rings. The summed E-state index contributed by atoms with van der Waals surface area (Å²) in [4.78, 5) is 37.8. The van der Waals surface area contributed by atoms with Crippen LogP contribution in [0.1, 0.15) is 19.3 Å². The monoisotopic (exact) mass is 394 g/mol. The Morgan fingerprint density at radius 3 is 2.52 bits per heavy atom. The molecule has 1 aromatic carbocycles. The first kappa shape index (κ1) is 21.1. The highest BCUT2D eigenvalue weighted by Gasteiger charge is 2.31. The van der Waals surface area contributed by atoms with E-state index in [1.54, 1.807) is 28.8 Å². The molecule has 1 heterocycles. The maximum absolute atomic E-state index is 12.8. The second-order valence-electron chi connectivity index (χ2n) is 6.44. The summed E-state index contributed by atoms with van der Waals surface area (Å²) in [5.41, 5.74) is 0. The summed E-state index contributed by atoms with van der Waals surface area (Å²) in [6.45, 7) is 0.651. The van der Waals surface area contributed by atoms with Gasteiger partial charge in [0.15, 0.2) is 6.61 Å². The highest BCUT2D eigenvalue weighted by Crippen LogP contribution is 2.18. The van der Waals surface area contributed by atoms with Gasteiger partial charge >= 0.3 is 5.97 Å². The van der Waals surface area contributed by atoms with E-state index in [4.69, 9.17) is 9.84 Å². The van der Waals surface area contributed by atoms with E-state index >= 15 is 0 Å². The van der Waals surface area contributed by atoms with E-state index in [0.717, 1.165) is 5.75 Å². The molecule has 8 heteroatoms. The van der Waals surface area contributed by atoms with Crippen LogP contribution in [0.4, 0.5) is 0 Å². The predicted octanol–water partition coefficient (Wildman–Crippen LogP) is 1.63. The van der Waals surface area contributed by atoms with E-state index in [-0.39, 0.29) is 18.4 Å². The first-order valence-electron chi connectivity index (χ1n) is 8.99. The average molecular weight is 394 g/mol. The van der Waals surface area contributed by atoms with Gasteiger partial charge in [-0.3, -0.25) is 14.4 Å². The molecule has 2 amide bonds. The third-order valence-corrected chi connectivity index (χ3v) is 5.16. The molecule has 0 saturated carbocycles. The Balaban J connectivity index is 1.88. The second kappa shape index (κ2) is 10.8. The normalized spacial score (nSPS) is 15.8. The van der Waals surface area contributed by atoms with Gasteiger partial charge in [-0.05, 0) is 43.4 Å². The first-order chi connectivity index (χ1) is 13.0. The van der Waals surface area contributed by atoms with Crippen molar-refractivity contribution in [3.05, 3.63) is 30.3 Å². The molecule has 2 N–H and O–H groups in total. The van der Waals surface area contributed by atoms with Gasteiger partial charge in [0.25, 0.3) is 5.91 Å². The third-order valence-electron chi connectivity index (χ3n) is 4.51. The lowest BCUT2D eigenvalue weighted by atomic mass is 9.96. The van der Waals surface area contributed by atoms with E-state index in [2.05, 4.69) is 5.32 Å². The van der Waals surface area contributed by atoms with Crippen molar-refractivity contribution in [3.63, 3.8) is 0 Å². The molecular formula is C19H26N2O5S. The fraction of sp³-hybridized carbons (Fsp3) is 0.526. The van der Waals surface area contributed by atoms with Crippen molar-refractivity contribution in [2.24, 2.45) is 5.92 Å². The van der Waals surface area contributed by atoms with Crippen molar-refractivity contribution >= 4 is 29.5 Å². The van der Waals surface area contributed by atoms with Gasteiger partial charge in [-0.1, -0.05) is 18.2 Å². The number of aliphatic carboxylic acids is 1. The number of piperidine rings is 1. The Bertz CT molecular complexity index is 632. The number of carbonyl (C=O) groups excluding carboxylic acids is 2. The van der Waals surface area contributed by atoms with Gasteiger partial charge in [0.2, 0.25) is 5.91 Å². The zero-order chi connectivity index (χ0) is 19.6. The fourth-order valence-corrected chi connectivity index (χ4v) is 3.43. The van der Waals surface area contributed by atoms with Crippen LogP contribution in [-0.2, 0) is 14.4 Å². The van der Waals surface area contributed by atoms with Crippen LogP contribution < -0.4 is 10.1 Å². The Kier molecular flexibility index (Phi) is 8.44. The van der Waals surface area contributed by atoms with E-state index in [0.29, 0.717) is 38.1 Å². The Morgan fingerprint density at radius 1 is 1.26 bits per heavy atom. The number of rotatable bonds is 9. The molecule has 0 radical (unpaired) electrons. The number of hydrogen-bond donors (Lipinski definition) is 2. The highest BCUT2D eigenvalue weighted by atomic mass is 32.2. The van der Waals surface area contributed by atoms with Crippen molar-refractivity contribution in [1.29, 1.82) is 0 Å². The van der Waals surface area contributed by atoms with Gasteiger partial charge in [0.1, 0.15) is 11.8 Å². The number of carboxylic acid groups (broad SMARTS) is 1. The first-order valence-corrected chi connectivity index (χ1v) is 10.4. The third kappa shape index (κ3) is 6.78. The maximum atomic E-state index is 12.8. The number of likely N-dealkylation sites (tertiary alicyclic amines) is 1. The van der Waals surface area contributed by atoms with Gasteiger partial charge < -0.3 is 20.1 Å². The summed E-state index contributed by atoms with van der Waals surface area (Å²) in [5.74, 6) is -0.378. The van der Waals surface area contributed by atoms with Gasteiger partial charge in [-0.2, -0.15) is 11.8 Å². The lowest BCUT2D eigenvalue weighted by Crippen LogP contribution is -2.52. The number of para-hydroxylation sites is 1. The topological polar surface area (TPSA) is 95.9 Å². The molecule has 1 unspecified atom stereocenters. The maximum Gasteiger partial charge on any atom is 0.306 e. The minimum Gasteiger partial charge on any atom is -0.484 e. The van der Waals surface area contributed by atoms with Crippen LogP contribution in [0.25, 0.3) is 0 Å². The summed E-state index contributed by atoms with van der Waals surface area (Å²) in [6.07, 6.45) is 3.36. The molecular weight excluding hydrogens is 368 g/mol. The molecule has 148 valence electrons. The lowest BCUT2D eigenvalue weighted by molar-refractivity contribution is -0.146. The zero-order valence-electron chi connectivity index (χ0n) is 15.4. The van der Waals surface area contributed by atoms with E-state index in [9.17, 15) is 14.4 Å². The van der Waals surface area contributed by atoms with Crippen LogP contribution in [0.3, 0.4) is 0 Å². The fourth-order valence-electron chi connectivity index (χ4n) is 2.96. The van der Waals surface area contributed by atoms with Crippen LogP contribution in [0, 0.1) is 5.92 Å². The molecule has 0 spiro atoms. The Morgan fingerprint density at radius 2 is 1.93 bits per heavy atom. The number of nitrogens with zero attached hydrogens (tertiary/aromatic N) is 1. The number of hydrogen-bond acceptors (Lipinski definition) is 5. The highest BCUT2D eigenvalue weighted by molar-refractivity contribution is 7.98. The van der Waals surface area contributed by atoms with Gasteiger partial charge in [0, 0.05) is 13.1 Å².